The molecule has 2 aromatic rings. The van der Waals surface area contributed by atoms with Gasteiger partial charge >= 0.3 is 6.18 Å². The SMILES string of the molecule is O=C(C1CC1)N1CCc2cc(Br)c(S(=O)(=O)Nc3ccc(C(F)(F)F)cc3)cc21. The van der Waals surface area contributed by atoms with Gasteiger partial charge in [-0.2, -0.15) is 13.2 Å². The number of alkyl halides is 3. The quantitative estimate of drug-likeness (QED) is 0.685. The summed E-state index contributed by atoms with van der Waals surface area (Å²) < 4.78 is 66.4. The van der Waals surface area contributed by atoms with Gasteiger partial charge in [-0.15, -0.1) is 0 Å². The van der Waals surface area contributed by atoms with Gasteiger partial charge < -0.3 is 4.90 Å². The van der Waals surface area contributed by atoms with Gasteiger partial charge in [0.05, 0.1) is 5.56 Å². The topological polar surface area (TPSA) is 66.5 Å². The van der Waals surface area contributed by atoms with E-state index < -0.39 is 21.8 Å². The monoisotopic (exact) mass is 488 g/mol. The molecule has 1 saturated carbocycles. The first kappa shape index (κ1) is 20.2. The first-order valence-electron chi connectivity index (χ1n) is 8.90. The fraction of sp³-hybridized carbons (Fsp3) is 0.316. The summed E-state index contributed by atoms with van der Waals surface area (Å²) in [5.74, 6) is 0.0139. The van der Waals surface area contributed by atoms with E-state index >= 15 is 0 Å². The van der Waals surface area contributed by atoms with Crippen LogP contribution in [0.2, 0.25) is 0 Å². The number of carbonyl (C=O) groups excluding carboxylic acids is 1. The van der Waals surface area contributed by atoms with Crippen LogP contribution in [0.4, 0.5) is 24.5 Å². The number of halogens is 4. The number of anilines is 2. The number of sulfonamides is 1. The Bertz CT molecular complexity index is 1080. The minimum Gasteiger partial charge on any atom is -0.312 e. The predicted molar refractivity (Wildman–Crippen MR) is 105 cm³/mol. The first-order valence-corrected chi connectivity index (χ1v) is 11.2. The lowest BCUT2D eigenvalue weighted by Crippen LogP contribution is -2.30. The van der Waals surface area contributed by atoms with Crippen LogP contribution in [-0.2, 0) is 27.4 Å². The number of amides is 1. The van der Waals surface area contributed by atoms with E-state index in [0.29, 0.717) is 23.1 Å². The summed E-state index contributed by atoms with van der Waals surface area (Å²) >= 11 is 3.26. The van der Waals surface area contributed by atoms with Gasteiger partial charge in [0.25, 0.3) is 10.0 Å². The van der Waals surface area contributed by atoms with Gasteiger partial charge in [-0.3, -0.25) is 9.52 Å². The number of hydrogen-bond acceptors (Lipinski definition) is 3. The molecule has 5 nitrogen and oxygen atoms in total. The molecule has 1 N–H and O–H groups in total. The van der Waals surface area contributed by atoms with Crippen LogP contribution in [0.1, 0.15) is 24.0 Å². The highest BCUT2D eigenvalue weighted by Gasteiger charge is 2.37. The standard InChI is InChI=1S/C19H16BrF3N2O3S/c20-15-9-12-7-8-25(18(26)11-1-2-11)16(12)10-17(15)29(27,28)24-14-5-3-13(4-6-14)19(21,22)23/h3-6,9-11,24H,1-2,7-8H2. The summed E-state index contributed by atoms with van der Waals surface area (Å²) in [5.41, 5.74) is 0.585. The van der Waals surface area contributed by atoms with Crippen LogP contribution in [0.5, 0.6) is 0 Å². The van der Waals surface area contributed by atoms with Crippen molar-refractivity contribution in [2.75, 3.05) is 16.2 Å². The molecular formula is C19H16BrF3N2O3S. The Kier molecular flexibility index (Phi) is 4.89. The summed E-state index contributed by atoms with van der Waals surface area (Å²) in [6, 6.07) is 6.86. The molecule has 10 heteroatoms. The average Bonchev–Trinajstić information content (AvgIpc) is 3.40. The third kappa shape index (κ3) is 4.00. The minimum atomic E-state index is -4.50. The number of hydrogen-bond donors (Lipinski definition) is 1. The number of rotatable bonds is 4. The molecule has 0 aromatic heterocycles. The van der Waals surface area contributed by atoms with Crippen LogP contribution in [-0.4, -0.2) is 20.9 Å². The predicted octanol–water partition coefficient (Wildman–Crippen LogP) is 4.57. The van der Waals surface area contributed by atoms with Gasteiger partial charge in [0, 0.05) is 28.3 Å². The lowest BCUT2D eigenvalue weighted by atomic mass is 10.2. The number of nitrogens with one attached hydrogen (secondary N) is 1. The summed E-state index contributed by atoms with van der Waals surface area (Å²) in [7, 11) is -4.08. The maximum Gasteiger partial charge on any atom is 0.416 e. The van der Waals surface area contributed by atoms with E-state index in [1.807, 2.05) is 0 Å². The molecule has 0 atom stereocenters. The summed E-state index contributed by atoms with van der Waals surface area (Å²) in [5, 5.41) is 0. The van der Waals surface area contributed by atoms with Crippen LogP contribution in [0, 0.1) is 5.92 Å². The third-order valence-electron chi connectivity index (χ3n) is 4.98. The fourth-order valence-corrected chi connectivity index (χ4v) is 5.48. The van der Waals surface area contributed by atoms with Crippen molar-refractivity contribution in [2.24, 2.45) is 5.92 Å². The fourth-order valence-electron chi connectivity index (χ4n) is 3.31. The zero-order valence-corrected chi connectivity index (χ0v) is 17.4. The van der Waals surface area contributed by atoms with Gasteiger partial charge in [-0.1, -0.05) is 0 Å². The van der Waals surface area contributed by atoms with Gasteiger partial charge in [-0.25, -0.2) is 8.42 Å². The molecule has 154 valence electrons. The molecule has 1 aliphatic heterocycles. The van der Waals surface area contributed by atoms with Crippen LogP contribution >= 0.6 is 15.9 Å². The zero-order chi connectivity index (χ0) is 21.0. The Labute approximate surface area is 174 Å². The van der Waals surface area contributed by atoms with Crippen LogP contribution in [0.25, 0.3) is 0 Å². The number of nitrogens with zero attached hydrogens (tertiary/aromatic N) is 1. The van der Waals surface area contributed by atoms with Crippen molar-refractivity contribution in [1.82, 2.24) is 0 Å². The molecular weight excluding hydrogens is 473 g/mol. The molecule has 0 radical (unpaired) electrons. The molecule has 4 rings (SSSR count). The van der Waals surface area contributed by atoms with Crippen molar-refractivity contribution in [3.63, 3.8) is 0 Å². The highest BCUT2D eigenvalue weighted by Crippen LogP contribution is 2.40. The summed E-state index contributed by atoms with van der Waals surface area (Å²) in [6.45, 7) is 0.507. The second-order valence-corrected chi connectivity index (χ2v) is 9.61. The van der Waals surface area contributed by atoms with Crippen molar-refractivity contribution >= 4 is 43.2 Å². The average molecular weight is 489 g/mol. The highest BCUT2D eigenvalue weighted by molar-refractivity contribution is 9.10. The molecule has 0 unspecified atom stereocenters. The van der Waals surface area contributed by atoms with Gasteiger partial charge in [-0.05, 0) is 77.2 Å². The maximum atomic E-state index is 12.9. The van der Waals surface area contributed by atoms with Crippen molar-refractivity contribution in [1.29, 1.82) is 0 Å². The maximum absolute atomic E-state index is 12.9. The molecule has 1 fully saturated rings. The molecule has 1 heterocycles. The molecule has 0 bridgehead atoms. The smallest absolute Gasteiger partial charge is 0.312 e. The van der Waals surface area contributed by atoms with E-state index in [9.17, 15) is 26.4 Å². The van der Waals surface area contributed by atoms with E-state index in [-0.39, 0.29) is 22.4 Å². The van der Waals surface area contributed by atoms with Gasteiger partial charge in [0.1, 0.15) is 4.90 Å². The van der Waals surface area contributed by atoms with E-state index in [1.54, 1.807) is 11.0 Å². The Morgan fingerprint density at radius 1 is 1.14 bits per heavy atom. The molecule has 0 saturated heterocycles. The molecule has 1 aliphatic carbocycles. The van der Waals surface area contributed by atoms with Crippen LogP contribution < -0.4 is 9.62 Å². The summed E-state index contributed by atoms with van der Waals surface area (Å²) in [4.78, 5) is 14.0. The van der Waals surface area contributed by atoms with Gasteiger partial charge in [0.15, 0.2) is 0 Å². The van der Waals surface area contributed by atoms with Crippen molar-refractivity contribution in [2.45, 2.75) is 30.3 Å². The Hall–Kier alpha value is -2.07. The first-order chi connectivity index (χ1) is 13.6. The molecule has 1 amide bonds. The van der Waals surface area contributed by atoms with Crippen LogP contribution in [0.15, 0.2) is 45.8 Å². The van der Waals surface area contributed by atoms with E-state index in [0.717, 1.165) is 42.7 Å². The van der Waals surface area contributed by atoms with E-state index in [2.05, 4.69) is 20.7 Å². The van der Waals surface area contributed by atoms with Crippen LogP contribution in [0.3, 0.4) is 0 Å². The zero-order valence-electron chi connectivity index (χ0n) is 15.0. The minimum absolute atomic E-state index is 0.00474. The van der Waals surface area contributed by atoms with Crippen molar-refractivity contribution < 1.29 is 26.4 Å². The normalized spacial score (nSPS) is 16.6. The third-order valence-corrected chi connectivity index (χ3v) is 7.32. The van der Waals surface area contributed by atoms with E-state index in [4.69, 9.17) is 0 Å². The summed E-state index contributed by atoms with van der Waals surface area (Å²) in [6.07, 6.45) is -2.17. The lowest BCUT2D eigenvalue weighted by molar-refractivity contribution is -0.137. The number of fused-ring (bicyclic) bond motifs is 1. The second-order valence-electron chi connectivity index (χ2n) is 7.11. The molecule has 2 aromatic carbocycles. The highest BCUT2D eigenvalue weighted by atomic mass is 79.9. The van der Waals surface area contributed by atoms with Gasteiger partial charge in [0.2, 0.25) is 5.91 Å². The number of benzene rings is 2. The Morgan fingerprint density at radius 3 is 2.38 bits per heavy atom. The van der Waals surface area contributed by atoms with Crippen molar-refractivity contribution in [3.8, 4) is 0 Å². The number of carbonyl (C=O) groups is 1. The Balaban J connectivity index is 1.63. The molecule has 2 aliphatic rings. The molecule has 0 spiro atoms. The second kappa shape index (κ2) is 7.02. The van der Waals surface area contributed by atoms with E-state index in [1.165, 1.54) is 6.07 Å². The Morgan fingerprint density at radius 2 is 1.79 bits per heavy atom. The largest absolute Gasteiger partial charge is 0.416 e. The lowest BCUT2D eigenvalue weighted by Gasteiger charge is -2.19. The molecule has 29 heavy (non-hydrogen) atoms. The van der Waals surface area contributed by atoms with Crippen molar-refractivity contribution in [3.05, 3.63) is 52.0 Å².